The largest absolute Gasteiger partial charge is 0.0776 e. The van der Waals surface area contributed by atoms with Gasteiger partial charge in [0.2, 0.25) is 0 Å². The lowest BCUT2D eigenvalue weighted by Crippen LogP contribution is -2.51. The van der Waals surface area contributed by atoms with Crippen LogP contribution in [0.15, 0.2) is 133 Å². The monoisotopic (exact) mass is 530 g/mol. The highest BCUT2D eigenvalue weighted by Crippen LogP contribution is 2.85. The molecule has 4 aromatic carbocycles. The van der Waals surface area contributed by atoms with E-state index in [-0.39, 0.29) is 5.41 Å². The Morgan fingerprint density at radius 2 is 0.974 bits per heavy atom. The van der Waals surface area contributed by atoms with Gasteiger partial charge in [-0.3, -0.25) is 0 Å². The molecule has 0 amide bonds. The molecule has 2 heteroatoms. The van der Waals surface area contributed by atoms with Crippen LogP contribution in [0.2, 0.25) is 0 Å². The summed E-state index contributed by atoms with van der Waals surface area (Å²) in [5.41, 5.74) is 3.48. The van der Waals surface area contributed by atoms with Crippen LogP contribution in [0.1, 0.15) is 27.2 Å². The van der Waals surface area contributed by atoms with E-state index in [1.807, 2.05) is 0 Å². The van der Waals surface area contributed by atoms with E-state index in [4.69, 9.17) is 0 Å². The summed E-state index contributed by atoms with van der Waals surface area (Å²) in [5.74, 6) is 1.42. The first kappa shape index (κ1) is 24.5. The second kappa shape index (κ2) is 9.30. The number of hydrogen-bond donors (Lipinski definition) is 0. The van der Waals surface area contributed by atoms with Crippen LogP contribution in [-0.2, 0) is 0 Å². The first-order valence-electron chi connectivity index (χ1n) is 14.0. The lowest BCUT2D eigenvalue weighted by atomic mass is 9.70. The van der Waals surface area contributed by atoms with Crippen LogP contribution in [0.5, 0.6) is 0 Å². The quantitative estimate of drug-likeness (QED) is 0.178. The summed E-state index contributed by atoms with van der Waals surface area (Å²) in [6.45, 7) is 7.61. The Morgan fingerprint density at radius 3 is 1.39 bits per heavy atom. The average Bonchev–Trinajstić information content (AvgIpc) is 3.46. The van der Waals surface area contributed by atoms with E-state index in [0.717, 1.165) is 5.92 Å². The molecular formula is C36H36P2. The minimum Gasteiger partial charge on any atom is -0.0776 e. The van der Waals surface area contributed by atoms with E-state index in [9.17, 15) is 0 Å². The summed E-state index contributed by atoms with van der Waals surface area (Å²) in [6, 6.07) is 46.1. The van der Waals surface area contributed by atoms with Crippen molar-refractivity contribution in [3.05, 3.63) is 133 Å². The maximum absolute atomic E-state index is 2.79. The van der Waals surface area contributed by atoms with E-state index in [2.05, 4.69) is 148 Å². The minimum absolute atomic E-state index is 0.262. The molecular weight excluding hydrogens is 494 g/mol. The van der Waals surface area contributed by atoms with Crippen molar-refractivity contribution in [1.82, 2.24) is 0 Å². The second-order valence-corrected chi connectivity index (χ2v) is 16.7. The molecule has 5 unspecified atom stereocenters. The summed E-state index contributed by atoms with van der Waals surface area (Å²) in [4.78, 5) is 0. The number of rotatable bonds is 6. The SMILES string of the molecule is CC1=CC23C(P(c4ccccc4)c4ccccc4)C(P(c4ccccc4)c4ccccc4)C1CC2C3(C)C. The molecule has 190 valence electrons. The fourth-order valence-electron chi connectivity index (χ4n) is 8.23. The van der Waals surface area contributed by atoms with Crippen molar-refractivity contribution in [3.63, 3.8) is 0 Å². The van der Waals surface area contributed by atoms with Crippen molar-refractivity contribution in [1.29, 1.82) is 0 Å². The molecule has 0 N–H and O–H groups in total. The minimum atomic E-state index is -0.549. The Labute approximate surface area is 230 Å². The summed E-state index contributed by atoms with van der Waals surface area (Å²) in [5, 5.41) is 6.14. The molecule has 0 aromatic heterocycles. The lowest BCUT2D eigenvalue weighted by Gasteiger charge is -2.54. The fourth-order valence-corrected chi connectivity index (χ4v) is 15.7. The maximum atomic E-state index is 2.79. The van der Waals surface area contributed by atoms with Gasteiger partial charge in [-0.1, -0.05) is 147 Å². The van der Waals surface area contributed by atoms with Gasteiger partial charge in [0, 0.05) is 16.7 Å². The van der Waals surface area contributed by atoms with E-state index >= 15 is 0 Å². The second-order valence-electron chi connectivity index (χ2n) is 12.0. The summed E-state index contributed by atoms with van der Waals surface area (Å²) in [7, 11) is -1.08. The molecule has 2 bridgehead atoms. The van der Waals surface area contributed by atoms with Crippen LogP contribution in [0.3, 0.4) is 0 Å². The van der Waals surface area contributed by atoms with Crippen molar-refractivity contribution in [2.45, 2.75) is 38.5 Å². The Kier molecular flexibility index (Phi) is 6.00. The van der Waals surface area contributed by atoms with Crippen LogP contribution in [-0.4, -0.2) is 11.3 Å². The van der Waals surface area contributed by atoms with Gasteiger partial charge in [-0.05, 0) is 67.7 Å². The highest BCUT2D eigenvalue weighted by Gasteiger charge is 2.79. The molecule has 5 atom stereocenters. The third-order valence-corrected chi connectivity index (χ3v) is 16.2. The van der Waals surface area contributed by atoms with Gasteiger partial charge in [-0.2, -0.15) is 0 Å². The number of hydrogen-bond acceptors (Lipinski definition) is 0. The topological polar surface area (TPSA) is 0 Å². The Morgan fingerprint density at radius 1 is 0.579 bits per heavy atom. The Balaban J connectivity index is 1.50. The molecule has 8 rings (SSSR count). The van der Waals surface area contributed by atoms with Crippen LogP contribution in [0.25, 0.3) is 0 Å². The fraction of sp³-hybridized carbons (Fsp3) is 0.278. The van der Waals surface area contributed by atoms with Gasteiger partial charge in [0.25, 0.3) is 0 Å². The molecule has 4 aliphatic rings. The molecule has 0 aliphatic heterocycles. The predicted molar refractivity (Wildman–Crippen MR) is 167 cm³/mol. The van der Waals surface area contributed by atoms with Gasteiger partial charge in [0.1, 0.15) is 0 Å². The lowest BCUT2D eigenvalue weighted by molar-refractivity contribution is 0.312. The van der Waals surface area contributed by atoms with Crippen molar-refractivity contribution in [2.24, 2.45) is 22.7 Å². The number of benzene rings is 4. The first-order chi connectivity index (χ1) is 18.5. The molecule has 0 heterocycles. The third-order valence-electron chi connectivity index (χ3n) is 9.96. The van der Waals surface area contributed by atoms with Crippen molar-refractivity contribution in [3.8, 4) is 0 Å². The molecule has 2 fully saturated rings. The van der Waals surface area contributed by atoms with Crippen LogP contribution < -0.4 is 21.2 Å². The standard InChI is InChI=1S/C36H36P2/c1-26-25-36-32(35(36,2)3)24-31(26)33(37(27-16-8-4-9-17-27)28-18-10-5-11-19-28)34(36)38(29-20-12-6-13-21-29)30-22-14-7-15-23-30/h4-23,25,31-34H,24H2,1-3H3. The molecule has 0 nitrogen and oxygen atoms in total. The first-order valence-corrected chi connectivity index (χ1v) is 16.8. The highest BCUT2D eigenvalue weighted by atomic mass is 31.1. The van der Waals surface area contributed by atoms with Gasteiger partial charge in [0.05, 0.1) is 0 Å². The number of allylic oxidation sites excluding steroid dienone is 2. The molecule has 2 saturated carbocycles. The van der Waals surface area contributed by atoms with Crippen molar-refractivity contribution in [2.75, 3.05) is 0 Å². The van der Waals surface area contributed by atoms with Crippen LogP contribution in [0, 0.1) is 22.7 Å². The maximum Gasteiger partial charge on any atom is 0.00523 e. The normalized spacial score (nSPS) is 28.7. The van der Waals surface area contributed by atoms with Crippen molar-refractivity contribution >= 4 is 37.1 Å². The zero-order valence-electron chi connectivity index (χ0n) is 22.5. The van der Waals surface area contributed by atoms with Gasteiger partial charge >= 0.3 is 0 Å². The van der Waals surface area contributed by atoms with Crippen LogP contribution in [0.4, 0.5) is 0 Å². The Bertz CT molecular complexity index is 1370. The summed E-state index contributed by atoms with van der Waals surface area (Å²) >= 11 is 0. The van der Waals surface area contributed by atoms with E-state index in [0.29, 0.717) is 22.7 Å². The molecule has 0 radical (unpaired) electrons. The van der Waals surface area contributed by atoms with Gasteiger partial charge in [-0.25, -0.2) is 0 Å². The number of fused-ring (bicyclic) bond motifs is 1. The third kappa shape index (κ3) is 3.57. The van der Waals surface area contributed by atoms with Gasteiger partial charge in [0.15, 0.2) is 0 Å². The molecule has 0 saturated heterocycles. The zero-order chi connectivity index (χ0) is 25.9. The highest BCUT2D eigenvalue weighted by molar-refractivity contribution is 7.77. The Hall–Kier alpha value is -2.52. The molecule has 1 spiro atoms. The molecule has 4 aromatic rings. The van der Waals surface area contributed by atoms with Gasteiger partial charge in [-0.15, -0.1) is 0 Å². The summed E-state index contributed by atoms with van der Waals surface area (Å²) < 4.78 is 0. The molecule has 38 heavy (non-hydrogen) atoms. The molecule has 4 aliphatic carbocycles. The van der Waals surface area contributed by atoms with E-state index in [1.54, 1.807) is 5.57 Å². The smallest absolute Gasteiger partial charge is 0.00523 e. The average molecular weight is 531 g/mol. The summed E-state index contributed by atoms with van der Waals surface area (Å²) in [6.07, 6.45) is 4.14. The predicted octanol–water partition coefficient (Wildman–Crippen LogP) is 7.61. The van der Waals surface area contributed by atoms with Crippen molar-refractivity contribution < 1.29 is 0 Å². The van der Waals surface area contributed by atoms with E-state index < -0.39 is 15.8 Å². The van der Waals surface area contributed by atoms with Crippen LogP contribution >= 0.6 is 15.8 Å². The van der Waals surface area contributed by atoms with E-state index in [1.165, 1.54) is 27.6 Å². The zero-order valence-corrected chi connectivity index (χ0v) is 24.3. The van der Waals surface area contributed by atoms with Gasteiger partial charge < -0.3 is 0 Å².